The number of aromatic nitrogens is 2. The molecule has 46 heavy (non-hydrogen) atoms. The first kappa shape index (κ1) is 26.1. The molecule has 0 bridgehead atoms. The summed E-state index contributed by atoms with van der Waals surface area (Å²) in [5, 5.41) is 15.2. The van der Waals surface area contributed by atoms with E-state index in [-0.39, 0.29) is 0 Å². The molecule has 0 aliphatic heterocycles. The molecule has 0 saturated heterocycles. The zero-order valence-corrected chi connectivity index (χ0v) is 24.9. The molecule has 2 aromatic heterocycles. The van der Waals surface area contributed by atoms with Crippen LogP contribution in [0.15, 0.2) is 164 Å². The average molecular weight is 586 g/mol. The first-order valence-electron chi connectivity index (χ1n) is 15.5. The highest BCUT2D eigenvalue weighted by Crippen LogP contribution is 2.38. The first-order chi connectivity index (χ1) is 22.8. The van der Waals surface area contributed by atoms with Crippen molar-refractivity contribution in [2.45, 2.75) is 0 Å². The summed E-state index contributed by atoms with van der Waals surface area (Å²) < 4.78 is 4.62. The van der Waals surface area contributed by atoms with Crippen molar-refractivity contribution in [1.82, 2.24) is 9.13 Å². The quantitative estimate of drug-likeness (QED) is 0.202. The van der Waals surface area contributed by atoms with Gasteiger partial charge in [0.15, 0.2) is 0 Å². The molecule has 0 atom stereocenters. The number of rotatable bonds is 4. The summed E-state index contributed by atoms with van der Waals surface area (Å²) in [6, 6.07) is 60.0. The van der Waals surface area contributed by atoms with Gasteiger partial charge in [0, 0.05) is 32.8 Å². The van der Waals surface area contributed by atoms with Gasteiger partial charge in [-0.3, -0.25) is 0 Å². The lowest BCUT2D eigenvalue weighted by Gasteiger charge is -2.15. The maximum absolute atomic E-state index is 10.3. The Hall–Kier alpha value is -6.37. The van der Waals surface area contributed by atoms with Crippen LogP contribution >= 0.6 is 0 Å². The number of nitriles is 1. The molecule has 0 aliphatic rings. The number of fused-ring (bicyclic) bond motifs is 6. The van der Waals surface area contributed by atoms with Gasteiger partial charge in [-0.05, 0) is 59.2 Å². The first-order valence-corrected chi connectivity index (χ1v) is 15.5. The fraction of sp³-hybridized carbons (Fsp3) is 0. The van der Waals surface area contributed by atoms with Crippen LogP contribution in [0.2, 0.25) is 0 Å². The highest BCUT2D eigenvalue weighted by Gasteiger charge is 2.16. The van der Waals surface area contributed by atoms with Crippen LogP contribution in [-0.4, -0.2) is 9.13 Å². The molecule has 3 heteroatoms. The molecule has 9 aromatic rings. The molecule has 0 unspecified atom stereocenters. The van der Waals surface area contributed by atoms with E-state index in [0.29, 0.717) is 5.56 Å². The number of para-hydroxylation sites is 5. The van der Waals surface area contributed by atoms with Gasteiger partial charge in [-0.15, -0.1) is 0 Å². The minimum Gasteiger partial charge on any atom is -0.309 e. The Morgan fingerprint density at radius 2 is 0.826 bits per heavy atom. The second kappa shape index (κ2) is 10.4. The zero-order valence-electron chi connectivity index (χ0n) is 24.9. The van der Waals surface area contributed by atoms with Gasteiger partial charge < -0.3 is 9.13 Å². The fourth-order valence-corrected chi connectivity index (χ4v) is 7.14. The van der Waals surface area contributed by atoms with E-state index in [0.717, 1.165) is 44.7 Å². The monoisotopic (exact) mass is 585 g/mol. The number of hydrogen-bond acceptors (Lipinski definition) is 1. The van der Waals surface area contributed by atoms with Crippen molar-refractivity contribution in [1.29, 1.82) is 5.26 Å². The lowest BCUT2D eigenvalue weighted by molar-refractivity contribution is 1.18. The highest BCUT2D eigenvalue weighted by atomic mass is 15.0. The van der Waals surface area contributed by atoms with Gasteiger partial charge in [0.1, 0.15) is 0 Å². The van der Waals surface area contributed by atoms with E-state index in [1.54, 1.807) is 0 Å². The second-order valence-electron chi connectivity index (χ2n) is 11.7. The predicted molar refractivity (Wildman–Crippen MR) is 191 cm³/mol. The molecular weight excluding hydrogens is 558 g/mol. The molecule has 0 radical (unpaired) electrons. The van der Waals surface area contributed by atoms with Gasteiger partial charge >= 0.3 is 0 Å². The molecule has 9 rings (SSSR count). The maximum atomic E-state index is 10.3. The fourth-order valence-electron chi connectivity index (χ4n) is 7.14. The van der Waals surface area contributed by atoms with Gasteiger partial charge in [0.25, 0.3) is 0 Å². The zero-order chi connectivity index (χ0) is 30.6. The highest BCUT2D eigenvalue weighted by molar-refractivity contribution is 6.10. The molecule has 3 nitrogen and oxygen atoms in total. The molecular formula is C43H27N3. The summed E-state index contributed by atoms with van der Waals surface area (Å²) in [5.74, 6) is 0. The van der Waals surface area contributed by atoms with E-state index in [1.165, 1.54) is 32.6 Å². The van der Waals surface area contributed by atoms with E-state index in [1.807, 2.05) is 6.07 Å². The summed E-state index contributed by atoms with van der Waals surface area (Å²) in [7, 11) is 0. The Bertz CT molecular complexity index is 2540. The van der Waals surface area contributed by atoms with Crippen LogP contribution in [0.5, 0.6) is 0 Å². The minimum absolute atomic E-state index is 0.651. The minimum atomic E-state index is 0.651. The summed E-state index contributed by atoms with van der Waals surface area (Å²) >= 11 is 0. The molecule has 2 heterocycles. The van der Waals surface area contributed by atoms with Crippen LogP contribution in [0.1, 0.15) is 5.56 Å². The van der Waals surface area contributed by atoms with Gasteiger partial charge in [0.05, 0.1) is 39.4 Å². The van der Waals surface area contributed by atoms with Gasteiger partial charge in [-0.1, -0.05) is 121 Å². The van der Waals surface area contributed by atoms with Crippen LogP contribution in [0.3, 0.4) is 0 Å². The summed E-state index contributed by atoms with van der Waals surface area (Å²) in [5.41, 5.74) is 11.6. The van der Waals surface area contributed by atoms with Crippen LogP contribution < -0.4 is 0 Å². The molecule has 0 saturated carbocycles. The van der Waals surface area contributed by atoms with Crippen LogP contribution in [0.4, 0.5) is 0 Å². The Balaban J connectivity index is 1.14. The van der Waals surface area contributed by atoms with Crippen molar-refractivity contribution < 1.29 is 0 Å². The van der Waals surface area contributed by atoms with Crippen molar-refractivity contribution in [2.24, 2.45) is 0 Å². The molecule has 7 aromatic carbocycles. The SMILES string of the molecule is N#Cc1cc(-n2c3ccccc3c3ccccc32)ccc1-c1ccc(-c2ccccc2-n2c3ccccc3c3ccccc32)cc1. The topological polar surface area (TPSA) is 33.6 Å². The normalized spacial score (nSPS) is 11.5. The summed E-state index contributed by atoms with van der Waals surface area (Å²) in [4.78, 5) is 0. The lowest BCUT2D eigenvalue weighted by Crippen LogP contribution is -1.97. The van der Waals surface area contributed by atoms with Crippen LogP contribution in [0.25, 0.3) is 77.2 Å². The smallest absolute Gasteiger partial charge is 0.0998 e. The predicted octanol–water partition coefficient (Wildman–Crippen LogP) is 11.1. The Morgan fingerprint density at radius 3 is 1.35 bits per heavy atom. The Labute approximate surface area is 266 Å². The lowest BCUT2D eigenvalue weighted by atomic mass is 9.96. The third kappa shape index (κ3) is 3.91. The molecule has 0 aliphatic carbocycles. The Kier molecular flexibility index (Phi) is 5.88. The summed E-state index contributed by atoms with van der Waals surface area (Å²) in [6.07, 6.45) is 0. The third-order valence-electron chi connectivity index (χ3n) is 9.19. The van der Waals surface area contributed by atoms with Crippen molar-refractivity contribution in [3.05, 3.63) is 169 Å². The molecule has 0 spiro atoms. The van der Waals surface area contributed by atoms with E-state index in [4.69, 9.17) is 0 Å². The average Bonchev–Trinajstić information content (AvgIpc) is 3.65. The van der Waals surface area contributed by atoms with Gasteiger partial charge in [-0.2, -0.15) is 5.26 Å². The van der Waals surface area contributed by atoms with E-state index < -0.39 is 0 Å². The molecule has 214 valence electrons. The largest absolute Gasteiger partial charge is 0.309 e. The Morgan fingerprint density at radius 1 is 0.391 bits per heavy atom. The summed E-state index contributed by atoms with van der Waals surface area (Å²) in [6.45, 7) is 0. The van der Waals surface area contributed by atoms with Crippen molar-refractivity contribution in [2.75, 3.05) is 0 Å². The van der Waals surface area contributed by atoms with Crippen molar-refractivity contribution in [3.8, 4) is 39.7 Å². The molecule has 0 fully saturated rings. The number of hydrogen-bond donors (Lipinski definition) is 0. The molecule has 0 N–H and O–H groups in total. The maximum Gasteiger partial charge on any atom is 0.0998 e. The van der Waals surface area contributed by atoms with Crippen LogP contribution in [-0.2, 0) is 0 Å². The second-order valence-corrected chi connectivity index (χ2v) is 11.7. The van der Waals surface area contributed by atoms with E-state index >= 15 is 0 Å². The van der Waals surface area contributed by atoms with Gasteiger partial charge in [-0.25, -0.2) is 0 Å². The number of nitrogens with zero attached hydrogens (tertiary/aromatic N) is 3. The van der Waals surface area contributed by atoms with E-state index in [9.17, 15) is 5.26 Å². The molecule has 0 amide bonds. The van der Waals surface area contributed by atoms with Crippen molar-refractivity contribution in [3.63, 3.8) is 0 Å². The number of benzene rings is 7. The van der Waals surface area contributed by atoms with Gasteiger partial charge in [0.2, 0.25) is 0 Å². The van der Waals surface area contributed by atoms with Crippen molar-refractivity contribution >= 4 is 43.6 Å². The van der Waals surface area contributed by atoms with Crippen LogP contribution in [0, 0.1) is 11.3 Å². The standard InChI is InChI=1S/C43H27N3/c44-28-31-27-32(45-40-17-7-2-12-35(40)36-13-3-8-18-41(36)45)25-26-33(31)29-21-23-30(24-22-29)34-11-1-6-16-39(34)46-42-19-9-4-14-37(42)38-15-5-10-20-43(38)46/h1-27H. The third-order valence-corrected chi connectivity index (χ3v) is 9.19. The van der Waals surface area contributed by atoms with E-state index in [2.05, 4.69) is 173 Å².